The average molecular weight is 336 g/mol. The maximum absolute atomic E-state index is 10.6. The van der Waals surface area contributed by atoms with Crippen LogP contribution in [0.1, 0.15) is 84.0 Å². The van der Waals surface area contributed by atoms with Gasteiger partial charge in [-0.15, -0.1) is 0 Å². The molecule has 2 N–H and O–H groups in total. The summed E-state index contributed by atoms with van der Waals surface area (Å²) in [5.74, 6) is -1.65. The van der Waals surface area contributed by atoms with E-state index in [1.54, 1.807) is 0 Å². The second kappa shape index (κ2) is 18.8. The van der Waals surface area contributed by atoms with Gasteiger partial charge >= 0.3 is 11.9 Å². The first-order chi connectivity index (χ1) is 11.1. The van der Waals surface area contributed by atoms with Gasteiger partial charge in [-0.05, 0) is 13.0 Å². The predicted molar refractivity (Wildman–Crippen MR) is 98.5 cm³/mol. The predicted octanol–water partition coefficient (Wildman–Crippen LogP) is 3.78. The van der Waals surface area contributed by atoms with Gasteiger partial charge in [-0.2, -0.15) is 0 Å². The zero-order valence-electron chi connectivity index (χ0n) is 15.8. The van der Waals surface area contributed by atoms with Gasteiger partial charge in [0.2, 0.25) is 0 Å². The number of hydrogen-bond donors (Lipinski definition) is 2. The van der Waals surface area contributed by atoms with Crippen molar-refractivity contribution in [1.82, 2.24) is 4.90 Å². The van der Waals surface area contributed by atoms with Crippen molar-refractivity contribution in [2.45, 2.75) is 84.0 Å². The molecule has 24 heavy (non-hydrogen) atoms. The van der Waals surface area contributed by atoms with Crippen molar-refractivity contribution in [3.8, 4) is 0 Å². The second-order valence-electron chi connectivity index (χ2n) is 6.31. The van der Waals surface area contributed by atoms with Gasteiger partial charge in [0, 0.05) is 32.0 Å². The van der Waals surface area contributed by atoms with Gasteiger partial charge in [-0.1, -0.05) is 64.7 Å². The summed E-state index contributed by atoms with van der Waals surface area (Å²) in [6.45, 7) is 3.92. The molecule has 0 spiro atoms. The van der Waals surface area contributed by atoms with Crippen molar-refractivity contribution < 1.29 is 19.8 Å². The zero-order chi connectivity index (χ0) is 17.3. The van der Waals surface area contributed by atoms with E-state index in [-0.39, 0.29) is 31.7 Å². The monoisotopic (exact) mass is 336 g/mol. The Labute approximate surface area is 159 Å². The van der Waals surface area contributed by atoms with E-state index < -0.39 is 11.9 Å². The molecule has 0 aromatic carbocycles. The summed E-state index contributed by atoms with van der Waals surface area (Å²) in [4.78, 5) is 23.2. The van der Waals surface area contributed by atoms with Gasteiger partial charge < -0.3 is 15.1 Å². The van der Waals surface area contributed by atoms with E-state index in [2.05, 4.69) is 6.92 Å². The maximum Gasteiger partial charge on any atom is 0.304 e. The molecular formula is C18H35LiNO4. The SMILES string of the molecule is CCCCCCCCCCCCN(CCC(=O)O)CCC(=O)O.[Li]. The number of carbonyl (C=O) groups is 2. The van der Waals surface area contributed by atoms with E-state index >= 15 is 0 Å². The summed E-state index contributed by atoms with van der Waals surface area (Å²) in [6.07, 6.45) is 12.8. The van der Waals surface area contributed by atoms with Crippen LogP contribution >= 0.6 is 0 Å². The van der Waals surface area contributed by atoms with Crippen LogP contribution < -0.4 is 0 Å². The number of hydrogen-bond acceptors (Lipinski definition) is 3. The Hall–Kier alpha value is -0.503. The van der Waals surface area contributed by atoms with E-state index in [0.717, 1.165) is 19.4 Å². The van der Waals surface area contributed by atoms with Crippen LogP contribution in [0.25, 0.3) is 0 Å². The minimum atomic E-state index is -0.826. The first-order valence-corrected chi connectivity index (χ1v) is 9.22. The van der Waals surface area contributed by atoms with Crippen molar-refractivity contribution in [3.63, 3.8) is 0 Å². The van der Waals surface area contributed by atoms with Gasteiger partial charge in [0.15, 0.2) is 0 Å². The van der Waals surface area contributed by atoms with E-state index in [1.165, 1.54) is 51.4 Å². The van der Waals surface area contributed by atoms with Gasteiger partial charge in [-0.3, -0.25) is 9.59 Å². The molecular weight excluding hydrogens is 301 g/mol. The largest absolute Gasteiger partial charge is 0.481 e. The molecule has 0 aliphatic carbocycles. The number of aliphatic carboxylic acids is 2. The molecule has 0 amide bonds. The van der Waals surface area contributed by atoms with Gasteiger partial charge in [0.25, 0.3) is 0 Å². The fraction of sp³-hybridized carbons (Fsp3) is 0.889. The van der Waals surface area contributed by atoms with Crippen molar-refractivity contribution in [1.29, 1.82) is 0 Å². The molecule has 0 saturated heterocycles. The Morgan fingerprint density at radius 3 is 1.42 bits per heavy atom. The van der Waals surface area contributed by atoms with Crippen LogP contribution in [0, 0.1) is 0 Å². The quantitative estimate of drug-likeness (QED) is 0.312. The Kier molecular flexibility index (Phi) is 20.2. The molecule has 137 valence electrons. The Morgan fingerprint density at radius 1 is 0.667 bits per heavy atom. The molecule has 1 radical (unpaired) electrons. The molecule has 0 rings (SSSR count). The summed E-state index contributed by atoms with van der Waals surface area (Å²) in [6, 6.07) is 0. The molecule has 0 atom stereocenters. The number of nitrogens with zero attached hydrogens (tertiary/aromatic N) is 1. The standard InChI is InChI=1S/C18H35NO4.Li/c1-2-3-4-5-6-7-8-9-10-11-14-19(15-12-17(20)21)16-13-18(22)23;/h2-16H2,1H3,(H,20,21)(H,22,23);. The van der Waals surface area contributed by atoms with Gasteiger partial charge in [0.05, 0.1) is 12.8 Å². The van der Waals surface area contributed by atoms with E-state index in [4.69, 9.17) is 10.2 Å². The summed E-state index contributed by atoms with van der Waals surface area (Å²) in [5.41, 5.74) is 0. The fourth-order valence-corrected chi connectivity index (χ4v) is 2.67. The van der Waals surface area contributed by atoms with Crippen LogP contribution in [0.2, 0.25) is 0 Å². The summed E-state index contributed by atoms with van der Waals surface area (Å²) >= 11 is 0. The molecule has 5 nitrogen and oxygen atoms in total. The molecule has 0 aliphatic heterocycles. The normalized spacial score (nSPS) is 10.6. The minimum absolute atomic E-state index is 0. The molecule has 0 aromatic heterocycles. The average Bonchev–Trinajstić information content (AvgIpc) is 2.50. The number of rotatable bonds is 17. The molecule has 0 aliphatic rings. The molecule has 0 bridgehead atoms. The second-order valence-corrected chi connectivity index (χ2v) is 6.31. The zero-order valence-corrected chi connectivity index (χ0v) is 15.8. The Bertz CT molecular complexity index is 295. The van der Waals surface area contributed by atoms with Gasteiger partial charge in [0.1, 0.15) is 0 Å². The smallest absolute Gasteiger partial charge is 0.304 e. The summed E-state index contributed by atoms with van der Waals surface area (Å²) in [7, 11) is 0. The molecule has 0 fully saturated rings. The van der Waals surface area contributed by atoms with Crippen LogP contribution in [0.3, 0.4) is 0 Å². The Morgan fingerprint density at radius 2 is 1.04 bits per heavy atom. The molecule has 0 aromatic rings. The molecule has 0 saturated carbocycles. The van der Waals surface area contributed by atoms with Crippen molar-refractivity contribution in [3.05, 3.63) is 0 Å². The summed E-state index contributed by atoms with van der Waals surface area (Å²) < 4.78 is 0. The van der Waals surface area contributed by atoms with E-state index in [9.17, 15) is 9.59 Å². The first-order valence-electron chi connectivity index (χ1n) is 9.22. The van der Waals surface area contributed by atoms with Crippen LogP contribution in [0.5, 0.6) is 0 Å². The third-order valence-electron chi connectivity index (χ3n) is 4.11. The molecule has 6 heteroatoms. The third-order valence-corrected chi connectivity index (χ3v) is 4.11. The maximum atomic E-state index is 10.6. The van der Waals surface area contributed by atoms with Crippen molar-refractivity contribution in [2.24, 2.45) is 0 Å². The van der Waals surface area contributed by atoms with Crippen molar-refractivity contribution >= 4 is 30.8 Å². The topological polar surface area (TPSA) is 77.8 Å². The van der Waals surface area contributed by atoms with E-state index in [1.807, 2.05) is 4.90 Å². The third kappa shape index (κ3) is 19.5. The number of carboxylic acid groups (broad SMARTS) is 2. The van der Waals surface area contributed by atoms with Crippen LogP contribution in [-0.4, -0.2) is 65.5 Å². The number of carboxylic acids is 2. The van der Waals surface area contributed by atoms with Crippen LogP contribution in [0.4, 0.5) is 0 Å². The fourth-order valence-electron chi connectivity index (χ4n) is 2.67. The van der Waals surface area contributed by atoms with E-state index in [0.29, 0.717) is 13.1 Å². The molecule has 0 heterocycles. The first kappa shape index (κ1) is 25.7. The van der Waals surface area contributed by atoms with Gasteiger partial charge in [-0.25, -0.2) is 0 Å². The molecule has 0 unspecified atom stereocenters. The van der Waals surface area contributed by atoms with Crippen LogP contribution in [-0.2, 0) is 9.59 Å². The Balaban J connectivity index is 0. The number of unbranched alkanes of at least 4 members (excludes halogenated alkanes) is 9. The minimum Gasteiger partial charge on any atom is -0.481 e. The van der Waals surface area contributed by atoms with Crippen molar-refractivity contribution in [2.75, 3.05) is 19.6 Å². The summed E-state index contributed by atoms with van der Waals surface area (Å²) in [5, 5.41) is 17.5. The van der Waals surface area contributed by atoms with Crippen LogP contribution in [0.15, 0.2) is 0 Å².